The molecule has 146 valence electrons. The highest BCUT2D eigenvalue weighted by Gasteiger charge is 2.35. The molecule has 1 aliphatic heterocycles. The molecule has 0 aliphatic carbocycles. The van der Waals surface area contributed by atoms with Crippen molar-refractivity contribution in [1.82, 2.24) is 10.9 Å². The number of hydrogen-bond acceptors (Lipinski definition) is 4. The second-order valence-corrected chi connectivity index (χ2v) is 6.85. The lowest BCUT2D eigenvalue weighted by molar-refractivity contribution is -0.126. The molecule has 7 heteroatoms. The summed E-state index contributed by atoms with van der Waals surface area (Å²) >= 11 is 0. The van der Waals surface area contributed by atoms with Gasteiger partial charge in [0.1, 0.15) is 5.75 Å². The van der Waals surface area contributed by atoms with Crippen molar-refractivity contribution < 1.29 is 19.1 Å². The molecule has 0 aromatic heterocycles. The molecule has 7 nitrogen and oxygen atoms in total. The number of aryl methyl sites for hydroxylation is 2. The van der Waals surface area contributed by atoms with Gasteiger partial charge in [-0.3, -0.25) is 25.2 Å². The largest absolute Gasteiger partial charge is 0.497 e. The third-order valence-corrected chi connectivity index (χ3v) is 4.93. The fraction of sp³-hybridized carbons (Fsp3) is 0.286. The lowest BCUT2D eigenvalue weighted by Crippen LogP contribution is -2.45. The Kier molecular flexibility index (Phi) is 5.63. The quantitative estimate of drug-likeness (QED) is 0.794. The molecule has 2 N–H and O–H groups in total. The maximum atomic E-state index is 12.4. The smallest absolute Gasteiger partial charge is 0.269 e. The van der Waals surface area contributed by atoms with Gasteiger partial charge >= 0.3 is 0 Å². The zero-order chi connectivity index (χ0) is 20.3. The molecule has 1 heterocycles. The van der Waals surface area contributed by atoms with Crippen LogP contribution in [0.4, 0.5) is 5.69 Å². The lowest BCUT2D eigenvalue weighted by Gasteiger charge is -2.18. The van der Waals surface area contributed by atoms with Gasteiger partial charge < -0.3 is 9.64 Å². The van der Waals surface area contributed by atoms with Gasteiger partial charge in [-0.1, -0.05) is 12.1 Å². The molecule has 1 aliphatic rings. The zero-order valence-corrected chi connectivity index (χ0v) is 16.1. The number of carbonyl (C=O) groups excluding carboxylic acids is 3. The topological polar surface area (TPSA) is 87.7 Å². The van der Waals surface area contributed by atoms with Gasteiger partial charge in [0.05, 0.1) is 13.0 Å². The number of methoxy groups -OCH3 is 1. The molecule has 2 aromatic rings. The predicted molar refractivity (Wildman–Crippen MR) is 105 cm³/mol. The minimum Gasteiger partial charge on any atom is -0.497 e. The number of nitrogens with zero attached hydrogens (tertiary/aromatic N) is 1. The second kappa shape index (κ2) is 8.12. The highest BCUT2D eigenvalue weighted by molar-refractivity contribution is 6.01. The lowest BCUT2D eigenvalue weighted by atomic mass is 10.1. The summed E-state index contributed by atoms with van der Waals surface area (Å²) in [5.74, 6) is -0.940. The van der Waals surface area contributed by atoms with Crippen LogP contribution in [0.1, 0.15) is 27.9 Å². The summed E-state index contributed by atoms with van der Waals surface area (Å²) in [6, 6.07) is 12.4. The fourth-order valence-corrected chi connectivity index (χ4v) is 3.08. The van der Waals surface area contributed by atoms with E-state index in [2.05, 4.69) is 10.9 Å². The van der Waals surface area contributed by atoms with Crippen LogP contribution in [0.5, 0.6) is 5.75 Å². The molecule has 0 spiro atoms. The number of rotatable bonds is 4. The predicted octanol–water partition coefficient (Wildman–Crippen LogP) is 2.13. The first-order valence-corrected chi connectivity index (χ1v) is 9.01. The van der Waals surface area contributed by atoms with Crippen molar-refractivity contribution in [3.8, 4) is 5.75 Å². The van der Waals surface area contributed by atoms with Crippen molar-refractivity contribution >= 4 is 23.4 Å². The van der Waals surface area contributed by atoms with Gasteiger partial charge in [0, 0.05) is 24.2 Å². The Hall–Kier alpha value is -3.35. The highest BCUT2D eigenvalue weighted by atomic mass is 16.5. The highest BCUT2D eigenvalue weighted by Crippen LogP contribution is 2.26. The van der Waals surface area contributed by atoms with E-state index in [1.165, 1.54) is 7.11 Å². The molecule has 1 saturated heterocycles. The van der Waals surface area contributed by atoms with E-state index in [0.29, 0.717) is 11.3 Å². The van der Waals surface area contributed by atoms with Gasteiger partial charge in [-0.25, -0.2) is 0 Å². The summed E-state index contributed by atoms with van der Waals surface area (Å²) in [5, 5.41) is 0. The summed E-state index contributed by atoms with van der Waals surface area (Å²) in [6.07, 6.45) is 0.105. The van der Waals surface area contributed by atoms with Gasteiger partial charge in [-0.15, -0.1) is 0 Å². The van der Waals surface area contributed by atoms with Crippen LogP contribution >= 0.6 is 0 Å². The molecule has 3 amide bonds. The minimum absolute atomic E-state index is 0.105. The van der Waals surface area contributed by atoms with Crippen LogP contribution < -0.4 is 20.5 Å². The van der Waals surface area contributed by atoms with Gasteiger partial charge in [-0.05, 0) is 55.3 Å². The molecular weight excluding hydrogens is 358 g/mol. The summed E-state index contributed by atoms with van der Waals surface area (Å²) in [5.41, 5.74) is 8.18. The zero-order valence-electron chi connectivity index (χ0n) is 16.1. The number of hydrogen-bond donors (Lipinski definition) is 2. The molecule has 1 fully saturated rings. The molecule has 2 aromatic carbocycles. The van der Waals surface area contributed by atoms with E-state index in [0.717, 1.165) is 16.8 Å². The first-order valence-electron chi connectivity index (χ1n) is 9.01. The molecule has 0 bridgehead atoms. The Labute approximate surface area is 163 Å². The van der Waals surface area contributed by atoms with E-state index in [-0.39, 0.29) is 18.9 Å². The Morgan fingerprint density at radius 1 is 1.07 bits per heavy atom. The number of carbonyl (C=O) groups is 3. The van der Waals surface area contributed by atoms with E-state index in [4.69, 9.17) is 4.74 Å². The Balaban J connectivity index is 1.60. The average Bonchev–Trinajstić information content (AvgIpc) is 3.09. The minimum atomic E-state index is -0.528. The van der Waals surface area contributed by atoms with Crippen molar-refractivity contribution in [2.45, 2.75) is 20.3 Å². The number of amides is 3. The number of anilines is 1. The van der Waals surface area contributed by atoms with E-state index in [1.807, 2.05) is 32.0 Å². The van der Waals surface area contributed by atoms with Crippen LogP contribution in [0.2, 0.25) is 0 Å². The van der Waals surface area contributed by atoms with E-state index in [9.17, 15) is 14.4 Å². The van der Waals surface area contributed by atoms with Crippen molar-refractivity contribution in [3.63, 3.8) is 0 Å². The van der Waals surface area contributed by atoms with Gasteiger partial charge in [-0.2, -0.15) is 0 Å². The Morgan fingerprint density at radius 3 is 2.57 bits per heavy atom. The van der Waals surface area contributed by atoms with Crippen LogP contribution in [0.15, 0.2) is 42.5 Å². The number of nitrogens with one attached hydrogen (secondary N) is 2. The molecule has 1 atom stereocenters. The average molecular weight is 381 g/mol. The Morgan fingerprint density at radius 2 is 1.86 bits per heavy atom. The van der Waals surface area contributed by atoms with Crippen molar-refractivity contribution in [2.75, 3.05) is 18.6 Å². The summed E-state index contributed by atoms with van der Waals surface area (Å²) in [7, 11) is 1.51. The molecule has 0 radical (unpaired) electrons. The standard InChI is InChI=1S/C21H23N3O4/c1-13-7-8-17(9-14(13)2)24-12-16(11-19(24)25)21(27)23-22-20(26)15-5-4-6-18(10-15)28-3/h4-10,16H,11-12H2,1-3H3,(H,22,26)(H,23,27)/t16-/m0/s1. The van der Waals surface area contributed by atoms with Crippen LogP contribution in [-0.4, -0.2) is 31.4 Å². The van der Waals surface area contributed by atoms with Gasteiger partial charge in [0.25, 0.3) is 5.91 Å². The SMILES string of the molecule is COc1cccc(C(=O)NNC(=O)[C@H]2CC(=O)N(c3ccc(C)c(C)c3)C2)c1. The van der Waals surface area contributed by atoms with Crippen molar-refractivity contribution in [3.05, 3.63) is 59.2 Å². The summed E-state index contributed by atoms with van der Waals surface area (Å²) in [6.45, 7) is 4.27. The fourth-order valence-electron chi connectivity index (χ4n) is 3.08. The third-order valence-electron chi connectivity index (χ3n) is 4.93. The third kappa shape index (κ3) is 4.14. The second-order valence-electron chi connectivity index (χ2n) is 6.85. The maximum Gasteiger partial charge on any atom is 0.269 e. The molecule has 3 rings (SSSR count). The van der Waals surface area contributed by atoms with Crippen LogP contribution in [0, 0.1) is 19.8 Å². The van der Waals surface area contributed by atoms with E-state index < -0.39 is 17.7 Å². The monoisotopic (exact) mass is 381 g/mol. The summed E-state index contributed by atoms with van der Waals surface area (Å²) < 4.78 is 5.08. The maximum absolute atomic E-state index is 12.4. The number of benzene rings is 2. The first-order chi connectivity index (χ1) is 13.4. The molecule has 0 saturated carbocycles. The van der Waals surface area contributed by atoms with Gasteiger partial charge in [0.2, 0.25) is 11.8 Å². The van der Waals surface area contributed by atoms with E-state index >= 15 is 0 Å². The van der Waals surface area contributed by atoms with Crippen LogP contribution in [0.25, 0.3) is 0 Å². The van der Waals surface area contributed by atoms with Crippen molar-refractivity contribution in [1.29, 1.82) is 0 Å². The van der Waals surface area contributed by atoms with Crippen LogP contribution in [-0.2, 0) is 9.59 Å². The molecule has 0 unspecified atom stereocenters. The normalized spacial score (nSPS) is 16.0. The van der Waals surface area contributed by atoms with Gasteiger partial charge in [0.15, 0.2) is 0 Å². The molecule has 28 heavy (non-hydrogen) atoms. The number of ether oxygens (including phenoxy) is 1. The summed E-state index contributed by atoms with van der Waals surface area (Å²) in [4.78, 5) is 38.6. The van der Waals surface area contributed by atoms with Crippen molar-refractivity contribution in [2.24, 2.45) is 5.92 Å². The number of hydrazine groups is 1. The first kappa shape index (κ1) is 19.4. The van der Waals surface area contributed by atoms with E-state index in [1.54, 1.807) is 29.2 Å². The Bertz CT molecular complexity index is 926. The van der Waals surface area contributed by atoms with Crippen LogP contribution in [0.3, 0.4) is 0 Å². The molecular formula is C21H23N3O4.